The monoisotopic (exact) mass is 413 g/mol. The zero-order valence-corrected chi connectivity index (χ0v) is 17.3. The molecule has 0 aromatic heterocycles. The summed E-state index contributed by atoms with van der Waals surface area (Å²) in [5, 5.41) is 13.7. The van der Waals surface area contributed by atoms with Crippen molar-refractivity contribution >= 4 is 28.3 Å². The maximum Gasteiger partial charge on any atom is 0.254 e. The van der Waals surface area contributed by atoms with Crippen molar-refractivity contribution in [2.45, 2.75) is 12.8 Å². The Hall–Kier alpha value is -3.85. The second kappa shape index (κ2) is 8.88. The molecule has 1 N–H and O–H groups in total. The lowest BCUT2D eigenvalue weighted by Gasteiger charge is -2.32. The molecule has 6 heteroatoms. The number of hydrogen-bond donors (Lipinski definition) is 1. The van der Waals surface area contributed by atoms with Crippen LogP contribution in [0.2, 0.25) is 0 Å². The molecule has 0 radical (unpaired) electrons. The number of anilines is 1. The number of fused-ring (bicyclic) bond motifs is 1. The average Bonchev–Trinajstić information content (AvgIpc) is 2.83. The number of nitriles is 1. The van der Waals surface area contributed by atoms with Crippen molar-refractivity contribution < 1.29 is 14.3 Å². The molecule has 0 saturated carbocycles. The fourth-order valence-electron chi connectivity index (χ4n) is 4.09. The number of hydrogen-bond acceptors (Lipinski definition) is 4. The van der Waals surface area contributed by atoms with Crippen molar-refractivity contribution in [3.05, 3.63) is 71.8 Å². The Labute approximate surface area is 181 Å². The van der Waals surface area contributed by atoms with Crippen molar-refractivity contribution in [1.29, 1.82) is 5.26 Å². The zero-order valence-electron chi connectivity index (χ0n) is 17.3. The van der Waals surface area contributed by atoms with Gasteiger partial charge in [-0.1, -0.05) is 30.3 Å². The summed E-state index contributed by atoms with van der Waals surface area (Å²) >= 11 is 0. The Morgan fingerprint density at radius 2 is 1.90 bits per heavy atom. The summed E-state index contributed by atoms with van der Waals surface area (Å²) in [6, 6.07) is 20.2. The first-order valence-corrected chi connectivity index (χ1v) is 10.3. The Morgan fingerprint density at radius 1 is 1.10 bits per heavy atom. The van der Waals surface area contributed by atoms with Gasteiger partial charge in [0.2, 0.25) is 5.91 Å². The third kappa shape index (κ3) is 4.22. The van der Waals surface area contributed by atoms with Crippen LogP contribution in [0.15, 0.2) is 60.7 Å². The summed E-state index contributed by atoms with van der Waals surface area (Å²) in [4.78, 5) is 27.9. The van der Waals surface area contributed by atoms with E-state index < -0.39 is 0 Å². The summed E-state index contributed by atoms with van der Waals surface area (Å²) in [6.07, 6.45) is 1.48. The quantitative estimate of drug-likeness (QED) is 0.695. The molecule has 3 aromatic carbocycles. The van der Waals surface area contributed by atoms with Crippen molar-refractivity contribution in [3.8, 4) is 11.8 Å². The lowest BCUT2D eigenvalue weighted by molar-refractivity contribution is -0.121. The summed E-state index contributed by atoms with van der Waals surface area (Å²) in [7, 11) is 1.61. The van der Waals surface area contributed by atoms with Crippen LogP contribution >= 0.6 is 0 Å². The number of carbonyl (C=O) groups is 2. The van der Waals surface area contributed by atoms with Crippen molar-refractivity contribution in [2.75, 3.05) is 25.5 Å². The number of nitrogens with one attached hydrogen (secondary N) is 1. The molecule has 1 heterocycles. The molecule has 1 fully saturated rings. The smallest absolute Gasteiger partial charge is 0.254 e. The number of benzene rings is 3. The van der Waals surface area contributed by atoms with Gasteiger partial charge in [0.25, 0.3) is 5.91 Å². The minimum atomic E-state index is -0.298. The van der Waals surface area contributed by atoms with Gasteiger partial charge < -0.3 is 15.0 Å². The van der Waals surface area contributed by atoms with Crippen LogP contribution in [0.4, 0.5) is 5.69 Å². The molecule has 0 unspecified atom stereocenters. The minimum Gasteiger partial charge on any atom is -0.496 e. The first-order valence-electron chi connectivity index (χ1n) is 10.3. The van der Waals surface area contributed by atoms with Gasteiger partial charge in [0.15, 0.2) is 0 Å². The summed E-state index contributed by atoms with van der Waals surface area (Å²) < 4.78 is 5.43. The summed E-state index contributed by atoms with van der Waals surface area (Å²) in [5.41, 5.74) is 1.69. The van der Waals surface area contributed by atoms with Gasteiger partial charge in [-0.2, -0.15) is 5.26 Å². The second-order valence-corrected chi connectivity index (χ2v) is 7.63. The Bertz CT molecular complexity index is 1180. The highest BCUT2D eigenvalue weighted by molar-refractivity contribution is 6.08. The molecule has 0 spiro atoms. The topological polar surface area (TPSA) is 82.4 Å². The largest absolute Gasteiger partial charge is 0.496 e. The van der Waals surface area contributed by atoms with Gasteiger partial charge in [0.1, 0.15) is 5.75 Å². The number of methoxy groups -OCH3 is 1. The van der Waals surface area contributed by atoms with Crippen LogP contribution in [-0.2, 0) is 4.79 Å². The maximum atomic E-state index is 13.3. The van der Waals surface area contributed by atoms with Gasteiger partial charge in [-0.05, 0) is 48.6 Å². The van der Waals surface area contributed by atoms with Crippen LogP contribution in [0.5, 0.6) is 5.75 Å². The molecule has 1 saturated heterocycles. The third-order valence-corrected chi connectivity index (χ3v) is 5.67. The lowest BCUT2D eigenvalue weighted by Crippen LogP contribution is -2.43. The number of amides is 2. The number of rotatable bonds is 4. The normalized spacial score (nSPS) is 15.9. The Morgan fingerprint density at radius 3 is 2.68 bits per heavy atom. The first-order chi connectivity index (χ1) is 15.1. The van der Waals surface area contributed by atoms with Gasteiger partial charge in [0.05, 0.1) is 24.7 Å². The van der Waals surface area contributed by atoms with Crippen molar-refractivity contribution in [3.63, 3.8) is 0 Å². The number of likely N-dealkylation sites (tertiary alicyclic amines) is 1. The van der Waals surface area contributed by atoms with Gasteiger partial charge in [0, 0.05) is 29.7 Å². The SMILES string of the molecule is COc1ccc(C(=O)N2CCC[C@H](C(=O)Nc3cccc(C#N)c3)C2)c2ccccc12. The van der Waals surface area contributed by atoms with E-state index in [0.717, 1.165) is 29.4 Å². The van der Waals surface area contributed by atoms with Crippen LogP contribution in [0.1, 0.15) is 28.8 Å². The fraction of sp³-hybridized carbons (Fsp3) is 0.240. The average molecular weight is 413 g/mol. The molecule has 156 valence electrons. The van der Waals surface area contributed by atoms with Gasteiger partial charge >= 0.3 is 0 Å². The fourth-order valence-corrected chi connectivity index (χ4v) is 4.09. The summed E-state index contributed by atoms with van der Waals surface area (Å²) in [5.74, 6) is 0.214. The predicted octanol–water partition coefficient (Wildman–Crippen LogP) is 4.21. The van der Waals surface area contributed by atoms with E-state index in [9.17, 15) is 9.59 Å². The molecule has 6 nitrogen and oxygen atoms in total. The van der Waals surface area contributed by atoms with E-state index in [1.165, 1.54) is 0 Å². The molecule has 1 atom stereocenters. The van der Waals surface area contributed by atoms with E-state index in [-0.39, 0.29) is 17.7 Å². The van der Waals surface area contributed by atoms with Gasteiger partial charge in [-0.25, -0.2) is 0 Å². The van der Waals surface area contributed by atoms with Crippen molar-refractivity contribution in [1.82, 2.24) is 4.90 Å². The Balaban J connectivity index is 1.52. The zero-order chi connectivity index (χ0) is 21.8. The van der Waals surface area contributed by atoms with E-state index in [1.54, 1.807) is 42.3 Å². The first kappa shape index (κ1) is 20.4. The van der Waals surface area contributed by atoms with E-state index >= 15 is 0 Å². The van der Waals surface area contributed by atoms with E-state index in [4.69, 9.17) is 10.00 Å². The predicted molar refractivity (Wildman–Crippen MR) is 119 cm³/mol. The Kier molecular flexibility index (Phi) is 5.85. The van der Waals surface area contributed by atoms with Crippen LogP contribution in [0.3, 0.4) is 0 Å². The van der Waals surface area contributed by atoms with Gasteiger partial charge in [-0.3, -0.25) is 9.59 Å². The molecular formula is C25H23N3O3. The highest BCUT2D eigenvalue weighted by atomic mass is 16.5. The number of piperidine rings is 1. The second-order valence-electron chi connectivity index (χ2n) is 7.63. The van der Waals surface area contributed by atoms with E-state index in [1.807, 2.05) is 30.3 Å². The lowest BCUT2D eigenvalue weighted by atomic mass is 9.95. The van der Waals surface area contributed by atoms with E-state index in [0.29, 0.717) is 29.9 Å². The molecule has 3 aromatic rings. The van der Waals surface area contributed by atoms with Crippen LogP contribution in [-0.4, -0.2) is 36.9 Å². The molecular weight excluding hydrogens is 390 g/mol. The molecule has 2 amide bonds. The molecule has 4 rings (SSSR count). The minimum absolute atomic E-state index is 0.0807. The van der Waals surface area contributed by atoms with Crippen LogP contribution in [0, 0.1) is 17.2 Å². The maximum absolute atomic E-state index is 13.3. The number of carbonyl (C=O) groups excluding carboxylic acids is 2. The van der Waals surface area contributed by atoms with Crippen LogP contribution in [0.25, 0.3) is 10.8 Å². The van der Waals surface area contributed by atoms with Crippen molar-refractivity contribution in [2.24, 2.45) is 5.92 Å². The standard InChI is InChI=1S/C25H23N3O3/c1-31-23-12-11-22(20-9-2-3-10-21(20)23)25(30)28-13-5-7-18(16-28)24(29)27-19-8-4-6-17(14-19)15-26/h2-4,6,8-12,14,18H,5,7,13,16H2,1H3,(H,27,29)/t18-/m0/s1. The van der Waals surface area contributed by atoms with Gasteiger partial charge in [-0.15, -0.1) is 0 Å². The van der Waals surface area contributed by atoms with Crippen LogP contribution < -0.4 is 10.1 Å². The molecule has 1 aliphatic heterocycles. The third-order valence-electron chi connectivity index (χ3n) is 5.67. The number of ether oxygens (including phenoxy) is 1. The molecule has 1 aliphatic rings. The molecule has 31 heavy (non-hydrogen) atoms. The van der Waals surface area contributed by atoms with E-state index in [2.05, 4.69) is 11.4 Å². The molecule has 0 bridgehead atoms. The molecule has 0 aliphatic carbocycles. The highest BCUT2D eigenvalue weighted by Gasteiger charge is 2.29. The highest BCUT2D eigenvalue weighted by Crippen LogP contribution is 2.30. The summed E-state index contributed by atoms with van der Waals surface area (Å²) in [6.45, 7) is 0.982. The number of nitrogens with zero attached hydrogens (tertiary/aromatic N) is 2.